The Labute approximate surface area is 149 Å². The average molecular weight is 348 g/mol. The molecular formula is C20H16N2O2S. The van der Waals surface area contributed by atoms with Crippen LogP contribution >= 0.6 is 11.3 Å². The number of aromatic nitrogens is 2. The van der Waals surface area contributed by atoms with Crippen LogP contribution < -0.4 is 10.3 Å². The smallest absolute Gasteiger partial charge is 0.267 e. The van der Waals surface area contributed by atoms with Gasteiger partial charge in [0, 0.05) is 17.0 Å². The van der Waals surface area contributed by atoms with Crippen LogP contribution in [0.25, 0.3) is 27.0 Å². The number of nitrogens with zero attached hydrogens (tertiary/aromatic N) is 2. The van der Waals surface area contributed by atoms with E-state index in [1.54, 1.807) is 18.0 Å². The number of thiophene rings is 1. The maximum atomic E-state index is 13.1. The zero-order valence-corrected chi connectivity index (χ0v) is 14.7. The molecule has 0 aliphatic heterocycles. The molecule has 0 aliphatic rings. The van der Waals surface area contributed by atoms with E-state index in [0.717, 1.165) is 21.6 Å². The fraction of sp³-hybridized carbons (Fsp3) is 0.100. The molecule has 2 aromatic carbocycles. The molecule has 0 aliphatic carbocycles. The monoisotopic (exact) mass is 348 g/mol. The second-order valence-corrected chi connectivity index (χ2v) is 6.67. The molecule has 124 valence electrons. The van der Waals surface area contributed by atoms with Crippen molar-refractivity contribution >= 4 is 21.6 Å². The third-order valence-electron chi connectivity index (χ3n) is 4.19. The lowest BCUT2D eigenvalue weighted by atomic mass is 10.1. The lowest BCUT2D eigenvalue weighted by Crippen LogP contribution is -2.18. The van der Waals surface area contributed by atoms with Crippen molar-refractivity contribution in [2.24, 2.45) is 0 Å². The van der Waals surface area contributed by atoms with Crippen LogP contribution in [0.15, 0.2) is 65.0 Å². The minimum atomic E-state index is -0.0740. The number of aryl methyl sites for hydroxylation is 1. The standard InChI is InChI=1S/C20H16N2O2S/c1-13-6-8-14(9-7-13)17-11-25-19-18(17)20(23)22(12-21-19)15-4-3-5-16(10-15)24-2/h3-12H,1-2H3. The summed E-state index contributed by atoms with van der Waals surface area (Å²) >= 11 is 1.49. The first-order valence-electron chi connectivity index (χ1n) is 7.87. The predicted octanol–water partition coefficient (Wildman–Crippen LogP) is 4.43. The Kier molecular flexibility index (Phi) is 3.86. The van der Waals surface area contributed by atoms with E-state index in [4.69, 9.17) is 4.74 Å². The molecule has 0 unspecified atom stereocenters. The van der Waals surface area contributed by atoms with Crippen molar-refractivity contribution in [2.45, 2.75) is 6.92 Å². The summed E-state index contributed by atoms with van der Waals surface area (Å²) in [4.78, 5) is 18.4. The molecule has 25 heavy (non-hydrogen) atoms. The first-order valence-corrected chi connectivity index (χ1v) is 8.75. The molecule has 4 nitrogen and oxygen atoms in total. The largest absolute Gasteiger partial charge is 0.497 e. The van der Waals surface area contributed by atoms with E-state index >= 15 is 0 Å². The number of rotatable bonds is 3. The number of methoxy groups -OCH3 is 1. The fourth-order valence-electron chi connectivity index (χ4n) is 2.82. The Morgan fingerprint density at radius 2 is 1.92 bits per heavy atom. The number of ether oxygens (including phenoxy) is 1. The minimum absolute atomic E-state index is 0.0740. The summed E-state index contributed by atoms with van der Waals surface area (Å²) in [5.74, 6) is 0.702. The highest BCUT2D eigenvalue weighted by molar-refractivity contribution is 7.17. The van der Waals surface area contributed by atoms with Gasteiger partial charge in [0.25, 0.3) is 5.56 Å². The molecule has 0 saturated carbocycles. The molecule has 0 bridgehead atoms. The third kappa shape index (κ3) is 2.72. The van der Waals surface area contributed by atoms with E-state index in [1.807, 2.05) is 48.7 Å². The maximum Gasteiger partial charge on any atom is 0.267 e. The summed E-state index contributed by atoms with van der Waals surface area (Å²) in [6, 6.07) is 15.6. The van der Waals surface area contributed by atoms with E-state index in [-0.39, 0.29) is 5.56 Å². The maximum absolute atomic E-state index is 13.1. The molecule has 2 heterocycles. The van der Waals surface area contributed by atoms with Gasteiger partial charge in [-0.2, -0.15) is 0 Å². The summed E-state index contributed by atoms with van der Waals surface area (Å²) in [5, 5.41) is 2.65. The fourth-order valence-corrected chi connectivity index (χ4v) is 3.73. The Morgan fingerprint density at radius 1 is 1.12 bits per heavy atom. The van der Waals surface area contributed by atoms with Crippen LogP contribution in [0, 0.1) is 6.92 Å². The molecule has 0 spiro atoms. The van der Waals surface area contributed by atoms with Gasteiger partial charge in [-0.3, -0.25) is 9.36 Å². The van der Waals surface area contributed by atoms with Gasteiger partial charge in [0.1, 0.15) is 16.9 Å². The molecule has 5 heteroatoms. The van der Waals surface area contributed by atoms with E-state index in [0.29, 0.717) is 11.1 Å². The molecule has 0 radical (unpaired) electrons. The van der Waals surface area contributed by atoms with Crippen LogP contribution in [-0.2, 0) is 0 Å². The Hall–Kier alpha value is -2.92. The van der Waals surface area contributed by atoms with Crippen LogP contribution in [0.1, 0.15) is 5.56 Å². The Bertz CT molecular complexity index is 1110. The number of benzene rings is 2. The molecule has 2 aromatic heterocycles. The second kappa shape index (κ2) is 6.18. The first kappa shape index (κ1) is 15.6. The Morgan fingerprint density at radius 3 is 2.68 bits per heavy atom. The first-order chi connectivity index (χ1) is 12.2. The third-order valence-corrected chi connectivity index (χ3v) is 5.08. The van der Waals surface area contributed by atoms with Gasteiger partial charge < -0.3 is 4.74 Å². The van der Waals surface area contributed by atoms with Crippen molar-refractivity contribution in [3.63, 3.8) is 0 Å². The van der Waals surface area contributed by atoms with Crippen molar-refractivity contribution in [3.05, 3.63) is 76.2 Å². The van der Waals surface area contributed by atoms with Gasteiger partial charge in [-0.1, -0.05) is 35.9 Å². The SMILES string of the molecule is COc1cccc(-n2cnc3scc(-c4ccc(C)cc4)c3c2=O)c1. The van der Waals surface area contributed by atoms with Crippen molar-refractivity contribution in [1.29, 1.82) is 0 Å². The zero-order chi connectivity index (χ0) is 17.4. The Balaban J connectivity index is 1.94. The summed E-state index contributed by atoms with van der Waals surface area (Å²) in [6.07, 6.45) is 1.58. The van der Waals surface area contributed by atoms with Crippen molar-refractivity contribution < 1.29 is 4.74 Å². The highest BCUT2D eigenvalue weighted by atomic mass is 32.1. The molecule has 0 atom stereocenters. The number of hydrogen-bond acceptors (Lipinski definition) is 4. The highest BCUT2D eigenvalue weighted by Crippen LogP contribution is 2.31. The van der Waals surface area contributed by atoms with Gasteiger partial charge in [-0.25, -0.2) is 4.98 Å². The van der Waals surface area contributed by atoms with Crippen LogP contribution in [0.3, 0.4) is 0 Å². The van der Waals surface area contributed by atoms with Crippen molar-refractivity contribution in [3.8, 4) is 22.6 Å². The average Bonchev–Trinajstić information content (AvgIpc) is 3.08. The van der Waals surface area contributed by atoms with Crippen molar-refractivity contribution in [2.75, 3.05) is 7.11 Å². The van der Waals surface area contributed by atoms with E-state index in [1.165, 1.54) is 16.9 Å². The summed E-state index contributed by atoms with van der Waals surface area (Å²) < 4.78 is 6.82. The van der Waals surface area contributed by atoms with Crippen LogP contribution in [0.2, 0.25) is 0 Å². The van der Waals surface area contributed by atoms with E-state index in [9.17, 15) is 4.79 Å². The quantitative estimate of drug-likeness (QED) is 0.550. The molecule has 4 rings (SSSR count). The summed E-state index contributed by atoms with van der Waals surface area (Å²) in [6.45, 7) is 2.05. The van der Waals surface area contributed by atoms with Crippen LogP contribution in [0.4, 0.5) is 0 Å². The number of hydrogen-bond donors (Lipinski definition) is 0. The van der Waals surface area contributed by atoms with E-state index in [2.05, 4.69) is 17.1 Å². The predicted molar refractivity (Wildman–Crippen MR) is 102 cm³/mol. The molecule has 0 N–H and O–H groups in total. The lowest BCUT2D eigenvalue weighted by Gasteiger charge is -2.08. The molecule has 0 fully saturated rings. The molecular weight excluding hydrogens is 332 g/mol. The molecule has 4 aromatic rings. The molecule has 0 amide bonds. The highest BCUT2D eigenvalue weighted by Gasteiger charge is 2.14. The number of fused-ring (bicyclic) bond motifs is 1. The zero-order valence-electron chi connectivity index (χ0n) is 13.9. The van der Waals surface area contributed by atoms with E-state index < -0.39 is 0 Å². The van der Waals surface area contributed by atoms with Crippen LogP contribution in [-0.4, -0.2) is 16.7 Å². The van der Waals surface area contributed by atoms with Crippen molar-refractivity contribution in [1.82, 2.24) is 9.55 Å². The van der Waals surface area contributed by atoms with Gasteiger partial charge in [0.05, 0.1) is 18.2 Å². The normalized spacial score (nSPS) is 11.0. The lowest BCUT2D eigenvalue weighted by molar-refractivity contribution is 0.414. The van der Waals surface area contributed by atoms with Gasteiger partial charge in [0.15, 0.2) is 0 Å². The van der Waals surface area contributed by atoms with Gasteiger partial charge >= 0.3 is 0 Å². The molecule has 0 saturated heterocycles. The summed E-state index contributed by atoms with van der Waals surface area (Å²) in [5.41, 5.74) is 3.80. The van der Waals surface area contributed by atoms with Crippen LogP contribution in [0.5, 0.6) is 5.75 Å². The summed E-state index contributed by atoms with van der Waals surface area (Å²) in [7, 11) is 1.61. The van der Waals surface area contributed by atoms with Gasteiger partial charge in [-0.15, -0.1) is 11.3 Å². The minimum Gasteiger partial charge on any atom is -0.497 e. The van der Waals surface area contributed by atoms with Gasteiger partial charge in [0.2, 0.25) is 0 Å². The topological polar surface area (TPSA) is 44.1 Å². The van der Waals surface area contributed by atoms with Gasteiger partial charge in [-0.05, 0) is 24.6 Å². The second-order valence-electron chi connectivity index (χ2n) is 5.82.